The van der Waals surface area contributed by atoms with E-state index in [1.807, 2.05) is 22.7 Å². The van der Waals surface area contributed by atoms with Crippen LogP contribution in [0.4, 0.5) is 0 Å². The first-order valence-corrected chi connectivity index (χ1v) is 9.25. The molecule has 1 aliphatic heterocycles. The molecule has 2 aromatic rings. The molecule has 1 saturated heterocycles. The number of ether oxygens (including phenoxy) is 1. The van der Waals surface area contributed by atoms with Gasteiger partial charge in [-0.2, -0.15) is 0 Å². The summed E-state index contributed by atoms with van der Waals surface area (Å²) < 4.78 is 7.08. The zero-order chi connectivity index (χ0) is 19.2. The second kappa shape index (κ2) is 8.70. The quantitative estimate of drug-likeness (QED) is 0.839. The highest BCUT2D eigenvalue weighted by molar-refractivity contribution is 5.94. The fourth-order valence-corrected chi connectivity index (χ4v) is 3.34. The van der Waals surface area contributed by atoms with Crippen LogP contribution in [-0.2, 0) is 18.3 Å². The lowest BCUT2D eigenvalue weighted by atomic mass is 9.95. The Bertz CT molecular complexity index is 777. The molecule has 1 aliphatic rings. The Morgan fingerprint density at radius 1 is 1.22 bits per heavy atom. The van der Waals surface area contributed by atoms with E-state index in [0.717, 1.165) is 11.6 Å². The van der Waals surface area contributed by atoms with E-state index in [0.29, 0.717) is 44.5 Å². The van der Waals surface area contributed by atoms with E-state index >= 15 is 0 Å². The lowest BCUT2D eigenvalue weighted by molar-refractivity contribution is -0.126. The van der Waals surface area contributed by atoms with Crippen LogP contribution in [0.15, 0.2) is 36.7 Å². The van der Waals surface area contributed by atoms with Crippen molar-refractivity contribution in [2.45, 2.75) is 19.3 Å². The number of aromatic nitrogens is 2. The van der Waals surface area contributed by atoms with Gasteiger partial charge in [0.25, 0.3) is 5.91 Å². The molecule has 2 amide bonds. The molecule has 0 bridgehead atoms. The molecule has 0 saturated carbocycles. The number of nitrogens with one attached hydrogen (secondary N) is 1. The van der Waals surface area contributed by atoms with Crippen LogP contribution in [0.3, 0.4) is 0 Å². The third-order valence-electron chi connectivity index (χ3n) is 5.06. The van der Waals surface area contributed by atoms with Gasteiger partial charge in [0, 0.05) is 57.0 Å². The Kier molecular flexibility index (Phi) is 6.11. The summed E-state index contributed by atoms with van der Waals surface area (Å²) >= 11 is 0. The van der Waals surface area contributed by atoms with Gasteiger partial charge in [-0.05, 0) is 37.1 Å². The van der Waals surface area contributed by atoms with Crippen LogP contribution in [-0.4, -0.2) is 53.0 Å². The Labute approximate surface area is 159 Å². The summed E-state index contributed by atoms with van der Waals surface area (Å²) in [5.41, 5.74) is 0.647. The lowest BCUT2D eigenvalue weighted by Gasteiger charge is -2.31. The molecule has 27 heavy (non-hydrogen) atoms. The van der Waals surface area contributed by atoms with Gasteiger partial charge in [0.15, 0.2) is 0 Å². The van der Waals surface area contributed by atoms with Crippen molar-refractivity contribution in [1.29, 1.82) is 0 Å². The van der Waals surface area contributed by atoms with Crippen molar-refractivity contribution >= 4 is 11.8 Å². The topological polar surface area (TPSA) is 76.5 Å². The molecule has 1 fully saturated rings. The first-order valence-electron chi connectivity index (χ1n) is 9.25. The summed E-state index contributed by atoms with van der Waals surface area (Å²) in [6, 6.07) is 7.12. The van der Waals surface area contributed by atoms with Crippen LogP contribution in [0, 0.1) is 5.92 Å². The van der Waals surface area contributed by atoms with Crippen molar-refractivity contribution < 1.29 is 14.3 Å². The molecule has 144 valence electrons. The van der Waals surface area contributed by atoms with Crippen molar-refractivity contribution in [3.8, 4) is 5.75 Å². The molecule has 0 aliphatic carbocycles. The molecule has 3 rings (SSSR count). The molecule has 2 heterocycles. The predicted octanol–water partition coefficient (Wildman–Crippen LogP) is 1.64. The summed E-state index contributed by atoms with van der Waals surface area (Å²) in [5, 5.41) is 3.00. The zero-order valence-corrected chi connectivity index (χ0v) is 15.9. The first-order chi connectivity index (χ1) is 13.1. The average molecular weight is 370 g/mol. The fourth-order valence-electron chi connectivity index (χ4n) is 3.34. The molecule has 7 heteroatoms. The highest BCUT2D eigenvalue weighted by atomic mass is 16.5. The number of aryl methyl sites for hydroxylation is 1. The van der Waals surface area contributed by atoms with Crippen LogP contribution < -0.4 is 10.1 Å². The van der Waals surface area contributed by atoms with Crippen LogP contribution >= 0.6 is 0 Å². The van der Waals surface area contributed by atoms with Gasteiger partial charge in [0.2, 0.25) is 5.91 Å². The summed E-state index contributed by atoms with van der Waals surface area (Å²) in [5.74, 6) is 1.72. The maximum atomic E-state index is 12.6. The number of rotatable bonds is 6. The summed E-state index contributed by atoms with van der Waals surface area (Å²) in [7, 11) is 3.54. The Morgan fingerprint density at radius 3 is 2.52 bits per heavy atom. The van der Waals surface area contributed by atoms with Gasteiger partial charge in [0.05, 0.1) is 7.11 Å². The number of piperidine rings is 1. The van der Waals surface area contributed by atoms with Gasteiger partial charge in [-0.3, -0.25) is 9.59 Å². The van der Waals surface area contributed by atoms with E-state index in [4.69, 9.17) is 4.74 Å². The van der Waals surface area contributed by atoms with E-state index in [2.05, 4.69) is 10.3 Å². The van der Waals surface area contributed by atoms with Gasteiger partial charge in [-0.25, -0.2) is 4.98 Å². The van der Waals surface area contributed by atoms with Crippen molar-refractivity contribution in [2.24, 2.45) is 13.0 Å². The highest BCUT2D eigenvalue weighted by Gasteiger charge is 2.27. The Balaban J connectivity index is 1.44. The number of hydrogen-bond acceptors (Lipinski definition) is 4. The second-order valence-electron chi connectivity index (χ2n) is 6.79. The average Bonchev–Trinajstić information content (AvgIpc) is 3.12. The number of likely N-dealkylation sites (tertiary alicyclic amines) is 1. The predicted molar refractivity (Wildman–Crippen MR) is 102 cm³/mol. The molecule has 0 spiro atoms. The van der Waals surface area contributed by atoms with E-state index in [1.54, 1.807) is 37.6 Å². The minimum atomic E-state index is -0.0358. The SMILES string of the molecule is COc1ccc(C(=O)N2CCC(C(=O)NCCc3nccn3C)CC2)cc1. The monoisotopic (exact) mass is 370 g/mol. The van der Waals surface area contributed by atoms with Crippen molar-refractivity contribution in [3.05, 3.63) is 48.0 Å². The number of imidazole rings is 1. The largest absolute Gasteiger partial charge is 0.497 e. The molecule has 0 unspecified atom stereocenters. The molecule has 1 N–H and O–H groups in total. The maximum Gasteiger partial charge on any atom is 0.253 e. The number of nitrogens with zero attached hydrogens (tertiary/aromatic N) is 3. The number of carbonyl (C=O) groups excluding carboxylic acids is 2. The van der Waals surface area contributed by atoms with E-state index < -0.39 is 0 Å². The van der Waals surface area contributed by atoms with Gasteiger partial charge in [-0.1, -0.05) is 0 Å². The standard InChI is InChI=1S/C20H26N4O3/c1-23-14-11-21-18(23)7-10-22-19(25)15-8-12-24(13-9-15)20(26)16-3-5-17(27-2)6-4-16/h3-6,11,14-15H,7-10,12-13H2,1-2H3,(H,22,25). The molecular formula is C20H26N4O3. The smallest absolute Gasteiger partial charge is 0.253 e. The summed E-state index contributed by atoms with van der Waals surface area (Å²) in [4.78, 5) is 31.0. The second-order valence-corrected chi connectivity index (χ2v) is 6.79. The highest BCUT2D eigenvalue weighted by Crippen LogP contribution is 2.20. The molecular weight excluding hydrogens is 344 g/mol. The van der Waals surface area contributed by atoms with Gasteiger partial charge < -0.3 is 19.5 Å². The Morgan fingerprint density at radius 2 is 1.93 bits per heavy atom. The zero-order valence-electron chi connectivity index (χ0n) is 15.9. The minimum Gasteiger partial charge on any atom is -0.497 e. The van der Waals surface area contributed by atoms with Crippen LogP contribution in [0.2, 0.25) is 0 Å². The van der Waals surface area contributed by atoms with Crippen LogP contribution in [0.25, 0.3) is 0 Å². The molecule has 7 nitrogen and oxygen atoms in total. The minimum absolute atomic E-state index is 0.00583. The molecule has 1 aromatic heterocycles. The van der Waals surface area contributed by atoms with Crippen LogP contribution in [0.1, 0.15) is 29.0 Å². The normalized spacial score (nSPS) is 14.8. The number of benzene rings is 1. The van der Waals surface area contributed by atoms with Crippen molar-refractivity contribution in [2.75, 3.05) is 26.7 Å². The van der Waals surface area contributed by atoms with Gasteiger partial charge in [0.1, 0.15) is 11.6 Å². The van der Waals surface area contributed by atoms with Crippen molar-refractivity contribution in [1.82, 2.24) is 19.8 Å². The maximum absolute atomic E-state index is 12.6. The number of carbonyl (C=O) groups is 2. The fraction of sp³-hybridized carbons (Fsp3) is 0.450. The number of hydrogen-bond donors (Lipinski definition) is 1. The summed E-state index contributed by atoms with van der Waals surface area (Å²) in [6.07, 6.45) is 5.75. The van der Waals surface area contributed by atoms with E-state index in [-0.39, 0.29) is 17.7 Å². The van der Waals surface area contributed by atoms with Gasteiger partial charge in [-0.15, -0.1) is 0 Å². The molecule has 0 atom stereocenters. The first kappa shape index (κ1) is 18.9. The molecule has 1 aromatic carbocycles. The van der Waals surface area contributed by atoms with Gasteiger partial charge >= 0.3 is 0 Å². The lowest BCUT2D eigenvalue weighted by Crippen LogP contribution is -2.43. The third kappa shape index (κ3) is 4.67. The van der Waals surface area contributed by atoms with E-state index in [1.165, 1.54) is 0 Å². The van der Waals surface area contributed by atoms with Crippen LogP contribution in [0.5, 0.6) is 5.75 Å². The summed E-state index contributed by atoms with van der Waals surface area (Å²) in [6.45, 7) is 1.78. The number of methoxy groups -OCH3 is 1. The number of amides is 2. The Hall–Kier alpha value is -2.83. The van der Waals surface area contributed by atoms with Crippen molar-refractivity contribution in [3.63, 3.8) is 0 Å². The molecule has 0 radical (unpaired) electrons. The van der Waals surface area contributed by atoms with E-state index in [9.17, 15) is 9.59 Å². The third-order valence-corrected chi connectivity index (χ3v) is 5.06.